The van der Waals surface area contributed by atoms with Crippen LogP contribution in [0, 0.1) is 5.82 Å². The molecule has 2 aromatic carbocycles. The van der Waals surface area contributed by atoms with Gasteiger partial charge >= 0.3 is 0 Å². The van der Waals surface area contributed by atoms with Crippen LogP contribution in [0.1, 0.15) is 34.3 Å². The van der Waals surface area contributed by atoms with Gasteiger partial charge in [0.25, 0.3) is 5.91 Å². The van der Waals surface area contributed by atoms with Crippen LogP contribution in [-0.4, -0.2) is 29.8 Å². The number of carbonyl (C=O) groups is 2. The second-order valence-electron chi connectivity index (χ2n) is 6.28. The average Bonchev–Trinajstić information content (AvgIpc) is 3.14. The summed E-state index contributed by atoms with van der Waals surface area (Å²) >= 11 is 0. The Labute approximate surface area is 146 Å². The quantitative estimate of drug-likeness (QED) is 0.910. The first kappa shape index (κ1) is 17.1. The summed E-state index contributed by atoms with van der Waals surface area (Å²) in [7, 11) is 0. The number of likely N-dealkylation sites (tertiary alicyclic amines) is 1. The second kappa shape index (κ2) is 7.92. The van der Waals surface area contributed by atoms with Crippen LogP contribution in [0.15, 0.2) is 48.5 Å². The van der Waals surface area contributed by atoms with E-state index in [0.29, 0.717) is 17.7 Å². The van der Waals surface area contributed by atoms with Crippen molar-refractivity contribution >= 4 is 11.8 Å². The number of rotatable bonds is 5. The van der Waals surface area contributed by atoms with E-state index in [1.807, 2.05) is 23.1 Å². The third-order valence-electron chi connectivity index (χ3n) is 4.31. The number of nitrogens with one attached hydrogen (secondary N) is 1. The van der Waals surface area contributed by atoms with Crippen molar-refractivity contribution in [3.8, 4) is 0 Å². The molecule has 0 unspecified atom stereocenters. The van der Waals surface area contributed by atoms with Gasteiger partial charge in [0, 0.05) is 25.2 Å². The third kappa shape index (κ3) is 4.66. The molecule has 0 aliphatic carbocycles. The van der Waals surface area contributed by atoms with Crippen LogP contribution in [-0.2, 0) is 17.8 Å². The molecule has 1 N–H and O–H groups in total. The fourth-order valence-corrected chi connectivity index (χ4v) is 3.01. The summed E-state index contributed by atoms with van der Waals surface area (Å²) in [4.78, 5) is 26.3. The minimum Gasteiger partial charge on any atom is -0.352 e. The molecule has 1 fully saturated rings. The first-order valence-electron chi connectivity index (χ1n) is 8.51. The van der Waals surface area contributed by atoms with Crippen molar-refractivity contribution in [1.82, 2.24) is 10.2 Å². The van der Waals surface area contributed by atoms with Crippen molar-refractivity contribution in [2.24, 2.45) is 0 Å². The van der Waals surface area contributed by atoms with Gasteiger partial charge in [-0.25, -0.2) is 4.39 Å². The van der Waals surface area contributed by atoms with E-state index in [2.05, 4.69) is 5.32 Å². The molecule has 2 aromatic rings. The lowest BCUT2D eigenvalue weighted by atomic mass is 10.1. The number of benzene rings is 2. The molecule has 4 nitrogen and oxygen atoms in total. The van der Waals surface area contributed by atoms with E-state index >= 15 is 0 Å². The van der Waals surface area contributed by atoms with E-state index in [0.717, 1.165) is 31.5 Å². The summed E-state index contributed by atoms with van der Waals surface area (Å²) in [6.45, 7) is 1.97. The lowest BCUT2D eigenvalue weighted by molar-refractivity contribution is -0.120. The summed E-state index contributed by atoms with van der Waals surface area (Å²) < 4.78 is 13.1. The SMILES string of the molecule is O=C(Cc1cccc(F)c1)NCc1cccc(C(=O)N2CCCC2)c1. The van der Waals surface area contributed by atoms with E-state index in [9.17, 15) is 14.0 Å². The van der Waals surface area contributed by atoms with Crippen LogP contribution in [0.2, 0.25) is 0 Å². The molecule has 1 saturated heterocycles. The van der Waals surface area contributed by atoms with E-state index in [4.69, 9.17) is 0 Å². The molecular formula is C20H21FN2O2. The van der Waals surface area contributed by atoms with Crippen LogP contribution in [0.5, 0.6) is 0 Å². The molecule has 1 heterocycles. The molecule has 130 valence electrons. The monoisotopic (exact) mass is 340 g/mol. The van der Waals surface area contributed by atoms with Crippen molar-refractivity contribution < 1.29 is 14.0 Å². The number of carbonyl (C=O) groups excluding carboxylic acids is 2. The molecular weight excluding hydrogens is 319 g/mol. The van der Waals surface area contributed by atoms with Crippen LogP contribution in [0.3, 0.4) is 0 Å². The van der Waals surface area contributed by atoms with Gasteiger partial charge < -0.3 is 10.2 Å². The number of hydrogen-bond donors (Lipinski definition) is 1. The summed E-state index contributed by atoms with van der Waals surface area (Å²) in [6.07, 6.45) is 2.24. The first-order valence-corrected chi connectivity index (χ1v) is 8.51. The first-order chi connectivity index (χ1) is 12.1. The molecule has 25 heavy (non-hydrogen) atoms. The molecule has 3 rings (SSSR count). The van der Waals surface area contributed by atoms with E-state index in [1.54, 1.807) is 18.2 Å². The Morgan fingerprint density at radius 3 is 2.48 bits per heavy atom. The number of amides is 2. The van der Waals surface area contributed by atoms with Gasteiger partial charge in [-0.2, -0.15) is 0 Å². The standard InChI is InChI=1S/C20H21FN2O2/c21-18-8-4-5-15(12-18)13-19(24)22-14-16-6-3-7-17(11-16)20(25)23-9-1-2-10-23/h3-8,11-12H,1-2,9-10,13-14H2,(H,22,24). The van der Waals surface area contributed by atoms with Gasteiger partial charge in [-0.3, -0.25) is 9.59 Å². The highest BCUT2D eigenvalue weighted by Crippen LogP contribution is 2.14. The van der Waals surface area contributed by atoms with Crippen LogP contribution in [0.4, 0.5) is 4.39 Å². The average molecular weight is 340 g/mol. The minimum absolute atomic E-state index is 0.0467. The highest BCUT2D eigenvalue weighted by molar-refractivity contribution is 5.94. The molecule has 0 bridgehead atoms. The highest BCUT2D eigenvalue weighted by Gasteiger charge is 2.19. The summed E-state index contributed by atoms with van der Waals surface area (Å²) in [5, 5.41) is 2.82. The van der Waals surface area contributed by atoms with E-state index in [1.165, 1.54) is 12.1 Å². The van der Waals surface area contributed by atoms with Crippen LogP contribution < -0.4 is 5.32 Å². The van der Waals surface area contributed by atoms with Crippen molar-refractivity contribution in [1.29, 1.82) is 0 Å². The molecule has 0 radical (unpaired) electrons. The van der Waals surface area contributed by atoms with Crippen molar-refractivity contribution in [2.45, 2.75) is 25.8 Å². The molecule has 0 atom stereocenters. The second-order valence-corrected chi connectivity index (χ2v) is 6.28. The molecule has 0 aromatic heterocycles. The number of hydrogen-bond acceptors (Lipinski definition) is 2. The van der Waals surface area contributed by atoms with Crippen LogP contribution >= 0.6 is 0 Å². The maximum absolute atomic E-state index is 13.1. The molecule has 0 spiro atoms. The van der Waals surface area contributed by atoms with Gasteiger partial charge in [-0.15, -0.1) is 0 Å². The summed E-state index contributed by atoms with van der Waals surface area (Å²) in [6, 6.07) is 13.4. The van der Waals surface area contributed by atoms with Crippen molar-refractivity contribution in [3.63, 3.8) is 0 Å². The molecule has 1 aliphatic rings. The summed E-state index contributed by atoms with van der Waals surface area (Å²) in [5.41, 5.74) is 2.16. The van der Waals surface area contributed by atoms with Gasteiger partial charge in [0.1, 0.15) is 5.82 Å². The highest BCUT2D eigenvalue weighted by atomic mass is 19.1. The number of halogens is 1. The Hall–Kier alpha value is -2.69. The fraction of sp³-hybridized carbons (Fsp3) is 0.300. The molecule has 2 amide bonds. The Kier molecular flexibility index (Phi) is 5.43. The van der Waals surface area contributed by atoms with E-state index in [-0.39, 0.29) is 24.1 Å². The Bertz CT molecular complexity index is 770. The summed E-state index contributed by atoms with van der Waals surface area (Å²) in [5.74, 6) is -0.481. The van der Waals surface area contributed by atoms with Gasteiger partial charge in [-0.05, 0) is 48.2 Å². The van der Waals surface area contributed by atoms with Gasteiger partial charge in [-0.1, -0.05) is 24.3 Å². The van der Waals surface area contributed by atoms with Gasteiger partial charge in [0.2, 0.25) is 5.91 Å². The third-order valence-corrected chi connectivity index (χ3v) is 4.31. The minimum atomic E-state index is -0.349. The smallest absolute Gasteiger partial charge is 0.253 e. The predicted molar refractivity (Wildman–Crippen MR) is 93.5 cm³/mol. The molecule has 1 aliphatic heterocycles. The van der Waals surface area contributed by atoms with Crippen molar-refractivity contribution in [3.05, 3.63) is 71.0 Å². The van der Waals surface area contributed by atoms with E-state index < -0.39 is 0 Å². The normalized spacial score (nSPS) is 13.7. The Morgan fingerprint density at radius 2 is 1.72 bits per heavy atom. The topological polar surface area (TPSA) is 49.4 Å². The van der Waals surface area contributed by atoms with Gasteiger partial charge in [0.15, 0.2) is 0 Å². The zero-order valence-electron chi connectivity index (χ0n) is 14.0. The Morgan fingerprint density at radius 1 is 1.00 bits per heavy atom. The Balaban J connectivity index is 1.56. The van der Waals surface area contributed by atoms with Gasteiger partial charge in [0.05, 0.1) is 6.42 Å². The maximum atomic E-state index is 13.1. The maximum Gasteiger partial charge on any atom is 0.253 e. The zero-order chi connectivity index (χ0) is 17.6. The van der Waals surface area contributed by atoms with Crippen LogP contribution in [0.25, 0.3) is 0 Å². The number of nitrogens with zero attached hydrogens (tertiary/aromatic N) is 1. The zero-order valence-corrected chi connectivity index (χ0v) is 14.0. The molecule has 0 saturated carbocycles. The van der Waals surface area contributed by atoms with Crippen molar-refractivity contribution in [2.75, 3.05) is 13.1 Å². The predicted octanol–water partition coefficient (Wildman–Crippen LogP) is 2.92. The lowest BCUT2D eigenvalue weighted by Gasteiger charge is -2.15. The largest absolute Gasteiger partial charge is 0.352 e. The molecule has 5 heteroatoms. The fourth-order valence-electron chi connectivity index (χ4n) is 3.01. The lowest BCUT2D eigenvalue weighted by Crippen LogP contribution is -2.28.